The van der Waals surface area contributed by atoms with E-state index < -0.39 is 0 Å². The van der Waals surface area contributed by atoms with Gasteiger partial charge in [-0.2, -0.15) is 0 Å². The van der Waals surface area contributed by atoms with Crippen LogP contribution in [0.4, 0.5) is 0 Å². The van der Waals surface area contributed by atoms with Crippen molar-refractivity contribution in [2.45, 2.75) is 70.8 Å². The average Bonchev–Trinajstić information content (AvgIpc) is 2.23. The molecule has 0 aromatic carbocycles. The largest absolute Gasteiger partial charge is 0.393 e. The summed E-state index contributed by atoms with van der Waals surface area (Å²) in [5.74, 6) is 0. The summed E-state index contributed by atoms with van der Waals surface area (Å²) in [6.07, 6.45) is 10.7. The van der Waals surface area contributed by atoms with E-state index in [-0.39, 0.29) is 6.10 Å². The summed E-state index contributed by atoms with van der Waals surface area (Å²) >= 11 is 0. The third-order valence-corrected chi connectivity index (χ3v) is 3.03. The van der Waals surface area contributed by atoms with E-state index in [1.807, 2.05) is 0 Å². The molecule has 16 heavy (non-hydrogen) atoms. The van der Waals surface area contributed by atoms with Crippen LogP contribution in [-0.4, -0.2) is 36.8 Å². The fourth-order valence-electron chi connectivity index (χ4n) is 1.94. The minimum atomic E-state index is -0.0413. The molecule has 2 heteroatoms. The molecule has 0 heterocycles. The summed E-state index contributed by atoms with van der Waals surface area (Å²) in [6, 6.07) is 0. The number of aliphatic hydroxyl groups is 1. The molecular weight excluding hydrogens is 198 g/mol. The van der Waals surface area contributed by atoms with E-state index in [4.69, 9.17) is 0 Å². The van der Waals surface area contributed by atoms with Crippen LogP contribution in [0.15, 0.2) is 0 Å². The highest BCUT2D eigenvalue weighted by atomic mass is 16.3. The van der Waals surface area contributed by atoms with E-state index in [9.17, 15) is 5.11 Å². The van der Waals surface area contributed by atoms with Crippen LogP contribution in [0.1, 0.15) is 64.7 Å². The monoisotopic (exact) mass is 229 g/mol. The first-order chi connectivity index (χ1) is 7.66. The topological polar surface area (TPSA) is 23.5 Å². The summed E-state index contributed by atoms with van der Waals surface area (Å²) in [6.45, 7) is 3.40. The van der Waals surface area contributed by atoms with Gasteiger partial charge in [0, 0.05) is 0 Å². The number of rotatable bonds is 11. The molecule has 0 saturated heterocycles. The molecule has 0 aliphatic heterocycles. The van der Waals surface area contributed by atoms with Crippen LogP contribution < -0.4 is 0 Å². The fourth-order valence-corrected chi connectivity index (χ4v) is 1.94. The highest BCUT2D eigenvalue weighted by Crippen LogP contribution is 2.11. The summed E-state index contributed by atoms with van der Waals surface area (Å²) in [5, 5.41) is 9.71. The van der Waals surface area contributed by atoms with Gasteiger partial charge in [0.25, 0.3) is 0 Å². The molecule has 1 N–H and O–H groups in total. The lowest BCUT2D eigenvalue weighted by Gasteiger charge is -2.11. The molecule has 1 unspecified atom stereocenters. The minimum absolute atomic E-state index is 0.0413. The normalized spacial score (nSPS) is 13.3. The Labute approximate surface area is 102 Å². The van der Waals surface area contributed by atoms with Gasteiger partial charge in [-0.15, -0.1) is 0 Å². The average molecular weight is 229 g/mol. The van der Waals surface area contributed by atoms with Crippen LogP contribution in [-0.2, 0) is 0 Å². The van der Waals surface area contributed by atoms with Crippen molar-refractivity contribution < 1.29 is 5.11 Å². The van der Waals surface area contributed by atoms with Gasteiger partial charge < -0.3 is 10.0 Å². The summed E-state index contributed by atoms with van der Waals surface area (Å²) in [4.78, 5) is 2.24. The summed E-state index contributed by atoms with van der Waals surface area (Å²) in [5.41, 5.74) is 0. The molecule has 0 aromatic heterocycles. The zero-order valence-corrected chi connectivity index (χ0v) is 11.5. The lowest BCUT2D eigenvalue weighted by Crippen LogP contribution is -2.12. The van der Waals surface area contributed by atoms with Crippen molar-refractivity contribution in [3.05, 3.63) is 0 Å². The van der Waals surface area contributed by atoms with Gasteiger partial charge in [0.15, 0.2) is 0 Å². The molecule has 0 aliphatic rings. The Morgan fingerprint density at radius 3 is 2.00 bits per heavy atom. The molecule has 0 amide bonds. The Bertz CT molecular complexity index is 137. The second-order valence-electron chi connectivity index (χ2n) is 5.16. The maximum Gasteiger partial charge on any atom is 0.0540 e. The Balaban J connectivity index is 3.12. The van der Waals surface area contributed by atoms with E-state index in [2.05, 4.69) is 25.9 Å². The zero-order valence-electron chi connectivity index (χ0n) is 11.5. The van der Waals surface area contributed by atoms with Crippen molar-refractivity contribution >= 4 is 0 Å². The van der Waals surface area contributed by atoms with E-state index in [1.165, 1.54) is 51.5 Å². The minimum Gasteiger partial charge on any atom is -0.393 e. The molecule has 0 spiro atoms. The molecule has 98 valence electrons. The number of nitrogens with zero attached hydrogens (tertiary/aromatic N) is 1. The van der Waals surface area contributed by atoms with Crippen molar-refractivity contribution in [3.8, 4) is 0 Å². The van der Waals surface area contributed by atoms with Gasteiger partial charge in [0.1, 0.15) is 0 Å². The Morgan fingerprint density at radius 1 is 0.875 bits per heavy atom. The molecule has 2 nitrogen and oxygen atoms in total. The van der Waals surface area contributed by atoms with Crippen LogP contribution in [0.5, 0.6) is 0 Å². The van der Waals surface area contributed by atoms with Gasteiger partial charge in [-0.25, -0.2) is 0 Å². The van der Waals surface area contributed by atoms with Crippen molar-refractivity contribution in [2.75, 3.05) is 20.6 Å². The second kappa shape index (κ2) is 11.4. The van der Waals surface area contributed by atoms with E-state index in [0.29, 0.717) is 0 Å². The van der Waals surface area contributed by atoms with Gasteiger partial charge in [-0.05, 0) is 39.9 Å². The molecule has 0 aliphatic carbocycles. The second-order valence-corrected chi connectivity index (χ2v) is 5.16. The summed E-state index contributed by atoms with van der Waals surface area (Å²) < 4.78 is 0. The first kappa shape index (κ1) is 15.9. The molecule has 0 aromatic rings. The molecule has 0 radical (unpaired) electrons. The first-order valence-electron chi connectivity index (χ1n) is 6.99. The summed E-state index contributed by atoms with van der Waals surface area (Å²) in [7, 11) is 4.25. The molecule has 0 rings (SSSR count). The van der Waals surface area contributed by atoms with Crippen LogP contribution in [0.3, 0.4) is 0 Å². The maximum atomic E-state index is 9.71. The van der Waals surface area contributed by atoms with E-state index >= 15 is 0 Å². The highest BCUT2D eigenvalue weighted by Gasteiger charge is 2.03. The van der Waals surface area contributed by atoms with E-state index in [0.717, 1.165) is 12.8 Å². The Morgan fingerprint density at radius 2 is 1.44 bits per heavy atom. The van der Waals surface area contributed by atoms with E-state index in [1.54, 1.807) is 0 Å². The van der Waals surface area contributed by atoms with Gasteiger partial charge in [0.2, 0.25) is 0 Å². The molecule has 0 fully saturated rings. The maximum absolute atomic E-state index is 9.71. The number of hydrogen-bond donors (Lipinski definition) is 1. The van der Waals surface area contributed by atoms with Crippen molar-refractivity contribution in [3.63, 3.8) is 0 Å². The Kier molecular flexibility index (Phi) is 11.3. The quantitative estimate of drug-likeness (QED) is 0.549. The standard InChI is InChI=1S/C14H31NO/c1-4-5-8-11-14(16)12-9-6-7-10-13-15(2)3/h14,16H,4-13H2,1-3H3. The Hall–Kier alpha value is -0.0800. The van der Waals surface area contributed by atoms with Gasteiger partial charge in [-0.1, -0.05) is 45.4 Å². The molecule has 0 saturated carbocycles. The molecule has 1 atom stereocenters. The predicted molar refractivity (Wildman–Crippen MR) is 71.8 cm³/mol. The van der Waals surface area contributed by atoms with Gasteiger partial charge in [-0.3, -0.25) is 0 Å². The predicted octanol–water partition coefficient (Wildman–Crippen LogP) is 3.44. The number of unbranched alkanes of at least 4 members (excludes halogenated alkanes) is 5. The lowest BCUT2D eigenvalue weighted by molar-refractivity contribution is 0.147. The molecule has 0 bridgehead atoms. The third kappa shape index (κ3) is 12.0. The highest BCUT2D eigenvalue weighted by molar-refractivity contribution is 4.57. The van der Waals surface area contributed by atoms with Crippen LogP contribution in [0.25, 0.3) is 0 Å². The van der Waals surface area contributed by atoms with Gasteiger partial charge >= 0.3 is 0 Å². The first-order valence-corrected chi connectivity index (χ1v) is 6.99. The third-order valence-electron chi connectivity index (χ3n) is 3.03. The fraction of sp³-hybridized carbons (Fsp3) is 1.00. The van der Waals surface area contributed by atoms with Crippen LogP contribution >= 0.6 is 0 Å². The number of aliphatic hydroxyl groups excluding tert-OH is 1. The lowest BCUT2D eigenvalue weighted by atomic mass is 10.0. The zero-order chi connectivity index (χ0) is 12.2. The smallest absolute Gasteiger partial charge is 0.0540 e. The molecular formula is C14H31NO. The number of hydrogen-bond acceptors (Lipinski definition) is 2. The van der Waals surface area contributed by atoms with Crippen molar-refractivity contribution in [1.29, 1.82) is 0 Å². The van der Waals surface area contributed by atoms with Crippen LogP contribution in [0, 0.1) is 0 Å². The van der Waals surface area contributed by atoms with Crippen molar-refractivity contribution in [2.24, 2.45) is 0 Å². The van der Waals surface area contributed by atoms with Gasteiger partial charge in [0.05, 0.1) is 6.10 Å². The van der Waals surface area contributed by atoms with Crippen LogP contribution in [0.2, 0.25) is 0 Å². The van der Waals surface area contributed by atoms with Crippen molar-refractivity contribution in [1.82, 2.24) is 4.90 Å². The SMILES string of the molecule is CCCCCC(O)CCCCCCN(C)C.